The van der Waals surface area contributed by atoms with E-state index in [9.17, 15) is 9.59 Å². The number of benzene rings is 2. The van der Waals surface area contributed by atoms with Crippen molar-refractivity contribution in [1.29, 1.82) is 0 Å². The average molecular weight is 364 g/mol. The molecule has 2 aromatic rings. The van der Waals surface area contributed by atoms with E-state index in [0.717, 1.165) is 35.5 Å². The summed E-state index contributed by atoms with van der Waals surface area (Å²) in [6.45, 7) is 1.44. The van der Waals surface area contributed by atoms with Gasteiger partial charge in [0.2, 0.25) is 18.6 Å². The molecular formula is C21H20N2O4. The van der Waals surface area contributed by atoms with Crippen molar-refractivity contribution in [3.8, 4) is 11.5 Å². The zero-order valence-corrected chi connectivity index (χ0v) is 14.8. The zero-order chi connectivity index (χ0) is 18.6. The van der Waals surface area contributed by atoms with Gasteiger partial charge in [-0.2, -0.15) is 0 Å². The number of carbonyl (C=O) groups is 2. The fourth-order valence-corrected chi connectivity index (χ4v) is 3.15. The molecule has 0 unspecified atom stereocenters. The lowest BCUT2D eigenvalue weighted by molar-refractivity contribution is -0.117. The summed E-state index contributed by atoms with van der Waals surface area (Å²) in [5, 5.41) is 2.86. The topological polar surface area (TPSA) is 67.9 Å². The first-order valence-electron chi connectivity index (χ1n) is 8.94. The Kier molecular flexibility index (Phi) is 4.78. The Morgan fingerprint density at radius 2 is 1.93 bits per heavy atom. The Morgan fingerprint density at radius 1 is 1.11 bits per heavy atom. The van der Waals surface area contributed by atoms with Gasteiger partial charge >= 0.3 is 0 Å². The highest BCUT2D eigenvalue weighted by Crippen LogP contribution is 2.32. The maximum Gasteiger partial charge on any atom is 0.244 e. The molecule has 4 rings (SSSR count). The summed E-state index contributed by atoms with van der Waals surface area (Å²) >= 11 is 0. The highest BCUT2D eigenvalue weighted by atomic mass is 16.7. The van der Waals surface area contributed by atoms with E-state index in [2.05, 4.69) is 5.32 Å². The number of rotatable bonds is 5. The van der Waals surface area contributed by atoms with Crippen molar-refractivity contribution in [1.82, 2.24) is 5.32 Å². The summed E-state index contributed by atoms with van der Waals surface area (Å²) < 4.78 is 10.6. The fraction of sp³-hybridized carbons (Fsp3) is 0.238. The number of carbonyl (C=O) groups excluding carboxylic acids is 2. The van der Waals surface area contributed by atoms with Crippen LogP contribution in [0.25, 0.3) is 6.08 Å². The molecule has 0 spiro atoms. The summed E-state index contributed by atoms with van der Waals surface area (Å²) in [6.07, 6.45) is 4.76. The number of nitrogens with zero attached hydrogens (tertiary/aromatic N) is 1. The summed E-state index contributed by atoms with van der Waals surface area (Å²) in [6, 6.07) is 13.2. The van der Waals surface area contributed by atoms with Crippen LogP contribution in [0.5, 0.6) is 11.5 Å². The van der Waals surface area contributed by atoms with Crippen LogP contribution in [0.4, 0.5) is 5.69 Å². The molecule has 2 heterocycles. The predicted octanol–water partition coefficient (Wildman–Crippen LogP) is 2.87. The van der Waals surface area contributed by atoms with E-state index >= 15 is 0 Å². The van der Waals surface area contributed by atoms with Gasteiger partial charge in [-0.05, 0) is 47.9 Å². The molecule has 2 amide bonds. The molecule has 2 aromatic carbocycles. The fourth-order valence-electron chi connectivity index (χ4n) is 3.15. The van der Waals surface area contributed by atoms with Crippen LogP contribution in [0.3, 0.4) is 0 Å². The van der Waals surface area contributed by atoms with Crippen LogP contribution in [-0.4, -0.2) is 25.2 Å². The number of fused-ring (bicyclic) bond motifs is 1. The lowest BCUT2D eigenvalue weighted by Crippen LogP contribution is -2.23. The van der Waals surface area contributed by atoms with Gasteiger partial charge in [0, 0.05) is 31.3 Å². The lowest BCUT2D eigenvalue weighted by atomic mass is 10.2. The van der Waals surface area contributed by atoms with Gasteiger partial charge in [-0.3, -0.25) is 9.59 Å². The summed E-state index contributed by atoms with van der Waals surface area (Å²) in [5.74, 6) is 1.40. The second kappa shape index (κ2) is 7.53. The van der Waals surface area contributed by atoms with Crippen molar-refractivity contribution in [3.05, 3.63) is 59.7 Å². The van der Waals surface area contributed by atoms with E-state index in [4.69, 9.17) is 9.47 Å². The lowest BCUT2D eigenvalue weighted by Gasteiger charge is -2.15. The first-order valence-corrected chi connectivity index (χ1v) is 8.94. The number of hydrogen-bond donors (Lipinski definition) is 1. The van der Waals surface area contributed by atoms with Crippen LogP contribution in [0.15, 0.2) is 48.5 Å². The molecule has 27 heavy (non-hydrogen) atoms. The Hall–Kier alpha value is -3.28. The Morgan fingerprint density at radius 3 is 2.70 bits per heavy atom. The second-order valence-corrected chi connectivity index (χ2v) is 6.48. The Bertz CT molecular complexity index is 890. The molecule has 6 heteroatoms. The number of amides is 2. The molecule has 0 radical (unpaired) electrons. The van der Waals surface area contributed by atoms with Gasteiger partial charge in [0.1, 0.15) is 0 Å². The minimum Gasteiger partial charge on any atom is -0.454 e. The first-order chi connectivity index (χ1) is 13.2. The number of anilines is 1. The molecule has 138 valence electrons. The molecule has 0 aliphatic carbocycles. The van der Waals surface area contributed by atoms with Crippen LogP contribution in [0.1, 0.15) is 24.0 Å². The van der Waals surface area contributed by atoms with Crippen LogP contribution in [0.2, 0.25) is 0 Å². The van der Waals surface area contributed by atoms with E-state index in [1.165, 1.54) is 6.08 Å². The van der Waals surface area contributed by atoms with Crippen molar-refractivity contribution < 1.29 is 19.1 Å². The first kappa shape index (κ1) is 17.1. The number of nitrogens with one attached hydrogen (secondary N) is 1. The molecular weight excluding hydrogens is 344 g/mol. The zero-order valence-electron chi connectivity index (χ0n) is 14.8. The van der Waals surface area contributed by atoms with Crippen molar-refractivity contribution in [2.75, 3.05) is 18.2 Å². The van der Waals surface area contributed by atoms with Gasteiger partial charge in [-0.1, -0.05) is 18.2 Å². The van der Waals surface area contributed by atoms with Crippen LogP contribution in [0, 0.1) is 0 Å². The molecule has 2 aliphatic rings. The monoisotopic (exact) mass is 364 g/mol. The van der Waals surface area contributed by atoms with Crippen molar-refractivity contribution in [2.45, 2.75) is 19.4 Å². The maximum absolute atomic E-state index is 12.0. The largest absolute Gasteiger partial charge is 0.454 e. The maximum atomic E-state index is 12.0. The molecule has 1 fully saturated rings. The van der Waals surface area contributed by atoms with Gasteiger partial charge in [0.15, 0.2) is 11.5 Å². The third-order valence-corrected chi connectivity index (χ3v) is 4.61. The van der Waals surface area contributed by atoms with Crippen LogP contribution >= 0.6 is 0 Å². The molecule has 1 saturated heterocycles. The van der Waals surface area contributed by atoms with Crippen molar-refractivity contribution in [2.24, 2.45) is 0 Å². The molecule has 2 aliphatic heterocycles. The van der Waals surface area contributed by atoms with E-state index < -0.39 is 0 Å². The van der Waals surface area contributed by atoms with E-state index in [1.54, 1.807) is 11.0 Å². The van der Waals surface area contributed by atoms with E-state index in [1.807, 2.05) is 42.5 Å². The quantitative estimate of drug-likeness (QED) is 0.829. The van der Waals surface area contributed by atoms with Gasteiger partial charge in [-0.15, -0.1) is 0 Å². The van der Waals surface area contributed by atoms with Gasteiger partial charge in [-0.25, -0.2) is 0 Å². The van der Waals surface area contributed by atoms with Crippen molar-refractivity contribution >= 4 is 23.6 Å². The van der Waals surface area contributed by atoms with Gasteiger partial charge in [0.05, 0.1) is 0 Å². The number of hydrogen-bond acceptors (Lipinski definition) is 4. The highest BCUT2D eigenvalue weighted by Gasteiger charge is 2.21. The molecule has 0 atom stereocenters. The van der Waals surface area contributed by atoms with Crippen LogP contribution in [-0.2, 0) is 16.1 Å². The molecule has 0 saturated carbocycles. The third-order valence-electron chi connectivity index (χ3n) is 4.61. The minimum atomic E-state index is -0.175. The van der Waals surface area contributed by atoms with Gasteiger partial charge < -0.3 is 19.7 Å². The van der Waals surface area contributed by atoms with E-state index in [-0.39, 0.29) is 18.6 Å². The third kappa shape index (κ3) is 3.95. The van der Waals surface area contributed by atoms with E-state index in [0.29, 0.717) is 18.7 Å². The number of ether oxygens (including phenoxy) is 2. The molecule has 0 bridgehead atoms. The summed E-state index contributed by atoms with van der Waals surface area (Å²) in [4.78, 5) is 25.6. The SMILES string of the molecule is O=C(/C=C/c1ccc2c(c1)OCO2)NCc1ccc(N2CCCC2=O)cc1. The normalized spacial score (nSPS) is 15.6. The average Bonchev–Trinajstić information content (AvgIpc) is 3.33. The molecule has 0 aromatic heterocycles. The smallest absolute Gasteiger partial charge is 0.244 e. The standard InChI is InChI=1S/C21H20N2O4/c24-20(10-6-15-5-9-18-19(12-15)27-14-26-18)22-13-16-3-7-17(8-4-16)23-11-1-2-21(23)25/h3-10,12H,1-2,11,13-14H2,(H,22,24)/b10-6+. The predicted molar refractivity (Wildman–Crippen MR) is 101 cm³/mol. The minimum absolute atomic E-state index is 0.171. The van der Waals surface area contributed by atoms with Crippen LogP contribution < -0.4 is 19.7 Å². The highest BCUT2D eigenvalue weighted by molar-refractivity contribution is 5.95. The summed E-state index contributed by atoms with van der Waals surface area (Å²) in [5.41, 5.74) is 2.76. The summed E-state index contributed by atoms with van der Waals surface area (Å²) in [7, 11) is 0. The molecule has 6 nitrogen and oxygen atoms in total. The van der Waals surface area contributed by atoms with Crippen molar-refractivity contribution in [3.63, 3.8) is 0 Å². The molecule has 1 N–H and O–H groups in total. The Labute approximate surface area is 157 Å². The Balaban J connectivity index is 1.30. The van der Waals surface area contributed by atoms with Gasteiger partial charge in [0.25, 0.3) is 0 Å². The second-order valence-electron chi connectivity index (χ2n) is 6.48.